The Balaban J connectivity index is 0.000000239. The number of ketones is 2. The number of aromatic nitrogens is 1. The van der Waals surface area contributed by atoms with Gasteiger partial charge in [-0.1, -0.05) is 37.7 Å². The molecular formula is C30H37CuFIN2O2Si. The van der Waals surface area contributed by atoms with E-state index in [4.69, 9.17) is 7.10 Å². The summed E-state index contributed by atoms with van der Waals surface area (Å²) in [7, 11) is -2.42. The molecule has 2 aliphatic carbocycles. The molecule has 2 aliphatic rings. The van der Waals surface area contributed by atoms with Gasteiger partial charge in [-0.05, 0) is 86.4 Å². The monoisotopic (exact) mass is 695 g/mol. The third kappa shape index (κ3) is 7.59. The van der Waals surface area contributed by atoms with Crippen LogP contribution in [-0.2, 0) is 33.2 Å². The molecule has 1 aromatic heterocycles. The summed E-state index contributed by atoms with van der Waals surface area (Å²) >= 11 is 5.87. The van der Waals surface area contributed by atoms with Crippen molar-refractivity contribution in [1.29, 1.82) is 0 Å². The van der Waals surface area contributed by atoms with Gasteiger partial charge >= 0.3 is 33.1 Å². The van der Waals surface area contributed by atoms with E-state index in [1.54, 1.807) is 34.2 Å². The third-order valence-electron chi connectivity index (χ3n) is 7.13. The molecular weight excluding hydrogens is 658 g/mol. The number of halogens is 2. The maximum atomic E-state index is 11.8. The van der Waals surface area contributed by atoms with E-state index in [0.717, 1.165) is 42.3 Å². The van der Waals surface area contributed by atoms with Crippen molar-refractivity contribution in [1.82, 2.24) is 4.98 Å². The van der Waals surface area contributed by atoms with Crippen LogP contribution in [0.3, 0.4) is 0 Å². The van der Waals surface area contributed by atoms with Gasteiger partial charge in [-0.2, -0.15) is 0 Å². The first-order valence-corrected chi connectivity index (χ1v) is 18.9. The van der Waals surface area contributed by atoms with E-state index in [1.807, 2.05) is 24.4 Å². The number of hydrogen-bond acceptors (Lipinski definition) is 3. The van der Waals surface area contributed by atoms with Gasteiger partial charge in [0.05, 0.1) is 19.4 Å². The summed E-state index contributed by atoms with van der Waals surface area (Å²) in [6.07, 6.45) is 5.86. The molecule has 2 fully saturated rings. The number of nitrogen functional groups attached to an aromatic ring is 1. The Bertz CT molecular complexity index is 1370. The quantitative estimate of drug-likeness (QED) is 0.130. The molecule has 0 saturated heterocycles. The minimum atomic E-state index is -1.42. The zero-order valence-corrected chi connectivity index (χ0v) is 26.7. The number of carbonyl (C=O) groups is 2. The van der Waals surface area contributed by atoms with Crippen LogP contribution in [0.1, 0.15) is 57.6 Å². The average molecular weight is 696 g/mol. The van der Waals surface area contributed by atoms with Crippen LogP contribution in [0.4, 0.5) is 10.1 Å². The molecule has 0 atom stereocenters. The maximum absolute atomic E-state index is 11.8. The molecule has 2 saturated carbocycles. The number of rotatable bonds is 4. The van der Waals surface area contributed by atoms with E-state index in [9.17, 15) is 14.0 Å². The summed E-state index contributed by atoms with van der Waals surface area (Å²) in [5.41, 5.74) is 13.9. The number of nitrogens with two attached hydrogens (primary N) is 1. The Morgan fingerprint density at radius 2 is 1.50 bits per heavy atom. The van der Waals surface area contributed by atoms with Crippen molar-refractivity contribution in [2.24, 2.45) is 0 Å². The van der Waals surface area contributed by atoms with E-state index < -0.39 is 15.2 Å². The third-order valence-corrected chi connectivity index (χ3v) is 8.01. The number of carbonyl (C=O) groups excluding carboxylic acids is 2. The predicted octanol–water partition coefficient (Wildman–Crippen LogP) is 7.38. The van der Waals surface area contributed by atoms with Gasteiger partial charge in [-0.3, -0.25) is 14.0 Å². The second kappa shape index (κ2) is 13.4. The van der Waals surface area contributed by atoms with Gasteiger partial charge in [0.25, 0.3) is 0 Å². The molecule has 3 N–H and O–H groups in total. The summed E-state index contributed by atoms with van der Waals surface area (Å²) in [5.74, 6) is 3.76. The van der Waals surface area contributed by atoms with E-state index in [1.165, 1.54) is 10.9 Å². The molecule has 208 valence electrons. The Morgan fingerprint density at radius 1 is 1.00 bits per heavy atom. The summed E-state index contributed by atoms with van der Waals surface area (Å²) in [4.78, 5) is 26.5. The van der Waals surface area contributed by atoms with Gasteiger partial charge in [-0.25, -0.2) is 0 Å². The SMILES string of the molecule is CC(=O)C1(c2ccc(N)c(C#C[Si](C)(C)C)c2)CC1.CC(=O)C1(c2ccc3[nH]ccc3c2)CC1.[2H]CF.[Cu][I]. The second-order valence-electron chi connectivity index (χ2n) is 10.9. The standard InChI is InChI=1S/C16H21NOSi.C13H13NO.CH3F.Cu.HI/c1-12(18)16(8-9-16)14-5-6-15(17)13(11-14)7-10-19(2,3)4;1-9(15)13(5-6-13)11-2-3-12-10(8-11)4-7-14-12;1-2;;/h5-6,11H,8-9,17H2,1-4H3;2-4,7-8,14H,5-6H2,1H3;1H3;;1H/q;;;+1;/p-1/i;;1D;;. The van der Waals surface area contributed by atoms with Crippen LogP contribution in [0.5, 0.6) is 0 Å². The van der Waals surface area contributed by atoms with Gasteiger partial charge in [0.2, 0.25) is 0 Å². The number of hydrogen-bond donors (Lipinski definition) is 2. The van der Waals surface area contributed by atoms with Crippen molar-refractivity contribution in [3.63, 3.8) is 0 Å². The number of fused-ring (bicyclic) bond motifs is 1. The normalized spacial score (nSPS) is 16.0. The number of aromatic amines is 1. The summed E-state index contributed by atoms with van der Waals surface area (Å²) < 4.78 is 15.5. The minimum absolute atomic E-state index is 0.147. The van der Waals surface area contributed by atoms with Crippen molar-refractivity contribution in [3.05, 3.63) is 65.4 Å². The number of nitrogens with one attached hydrogen (secondary N) is 1. The molecule has 0 radical (unpaired) electrons. The Labute approximate surface area is 248 Å². The van der Waals surface area contributed by atoms with Gasteiger partial charge in [0, 0.05) is 23.0 Å². The second-order valence-corrected chi connectivity index (χ2v) is 15.6. The fourth-order valence-electron chi connectivity index (χ4n) is 4.51. The summed E-state index contributed by atoms with van der Waals surface area (Å²) in [6.45, 7) is 10.00. The zero-order valence-electron chi connectivity index (χ0n) is 23.6. The first-order chi connectivity index (χ1) is 18.4. The van der Waals surface area contributed by atoms with Gasteiger partial charge in [-0.15, -0.1) is 5.54 Å². The van der Waals surface area contributed by atoms with Crippen LogP contribution >= 0.6 is 20.3 Å². The van der Waals surface area contributed by atoms with Crippen LogP contribution in [0.2, 0.25) is 19.6 Å². The van der Waals surface area contributed by atoms with Crippen LogP contribution in [0.25, 0.3) is 10.9 Å². The Hall–Kier alpha value is -1.92. The number of alkyl halides is 1. The molecule has 0 aliphatic heterocycles. The number of anilines is 1. The van der Waals surface area contributed by atoms with Crippen LogP contribution in [-0.4, -0.2) is 31.8 Å². The molecule has 5 rings (SSSR count). The molecule has 3 aromatic rings. The van der Waals surface area contributed by atoms with E-state index >= 15 is 0 Å². The molecule has 0 bridgehead atoms. The van der Waals surface area contributed by atoms with Gasteiger partial charge in [0.1, 0.15) is 19.6 Å². The molecule has 8 heteroatoms. The molecule has 0 unspecified atom stereocenters. The Morgan fingerprint density at radius 3 is 1.97 bits per heavy atom. The van der Waals surface area contributed by atoms with Crippen molar-refractivity contribution >= 4 is 56.6 Å². The van der Waals surface area contributed by atoms with Crippen LogP contribution in [0, 0.1) is 11.5 Å². The van der Waals surface area contributed by atoms with E-state index in [0.29, 0.717) is 11.5 Å². The predicted molar refractivity (Wildman–Crippen MR) is 164 cm³/mol. The Kier molecular flexibility index (Phi) is 10.8. The molecule has 0 amide bonds. The van der Waals surface area contributed by atoms with Gasteiger partial charge in [0.15, 0.2) is 0 Å². The van der Waals surface area contributed by atoms with Crippen LogP contribution < -0.4 is 5.73 Å². The molecule has 2 aromatic carbocycles. The average Bonchev–Trinajstić information content (AvgIpc) is 3.81. The first-order valence-electron chi connectivity index (χ1n) is 13.1. The summed E-state index contributed by atoms with van der Waals surface area (Å²) in [5, 5.41) is 1.19. The topological polar surface area (TPSA) is 76.0 Å². The van der Waals surface area contributed by atoms with Crippen molar-refractivity contribution in [2.75, 3.05) is 12.9 Å². The number of H-pyrrole nitrogens is 1. The molecule has 1 heterocycles. The molecule has 4 nitrogen and oxygen atoms in total. The number of benzene rings is 2. The zero-order chi connectivity index (χ0) is 29.4. The fourth-order valence-corrected chi connectivity index (χ4v) is 5.02. The van der Waals surface area contributed by atoms with E-state index in [-0.39, 0.29) is 16.6 Å². The van der Waals surface area contributed by atoms with Crippen molar-refractivity contribution in [3.8, 4) is 11.5 Å². The first kappa shape index (κ1) is 30.6. The van der Waals surface area contributed by atoms with Crippen molar-refractivity contribution in [2.45, 2.75) is 70.0 Å². The van der Waals surface area contributed by atoms with Gasteiger partial charge < -0.3 is 10.7 Å². The summed E-state index contributed by atoms with van der Waals surface area (Å²) in [6, 6.07) is 14.2. The molecule has 38 heavy (non-hydrogen) atoms. The number of Topliss-reactive ketones (excluding diaryl/α,β-unsaturated/α-hetero) is 2. The van der Waals surface area contributed by atoms with Crippen LogP contribution in [0.15, 0.2) is 48.7 Å². The molecule has 0 spiro atoms. The fraction of sp³-hybridized carbons (Fsp3) is 0.400. The van der Waals surface area contributed by atoms with E-state index in [2.05, 4.69) is 73.1 Å². The van der Waals surface area contributed by atoms with Crippen molar-refractivity contribution < 1.29 is 28.1 Å².